The Kier molecular flexibility index (Phi) is 6.34. The van der Waals surface area contributed by atoms with Gasteiger partial charge < -0.3 is 14.8 Å². The van der Waals surface area contributed by atoms with Crippen molar-refractivity contribution < 1.29 is 14.3 Å². The molecule has 0 aromatic heterocycles. The summed E-state index contributed by atoms with van der Waals surface area (Å²) < 4.78 is 11.7. The van der Waals surface area contributed by atoms with Crippen LogP contribution in [0, 0.1) is 0 Å². The molecule has 27 heavy (non-hydrogen) atoms. The molecule has 3 aromatic carbocycles. The molecule has 1 N–H and O–H groups in total. The van der Waals surface area contributed by atoms with E-state index in [0.29, 0.717) is 34.4 Å². The lowest BCUT2D eigenvalue weighted by Gasteiger charge is -2.18. The molecular weight excluding hydrogens is 362 g/mol. The number of hydrogen-bond acceptors (Lipinski definition) is 3. The van der Waals surface area contributed by atoms with Gasteiger partial charge in [0, 0.05) is 5.02 Å². The van der Waals surface area contributed by atoms with E-state index in [1.165, 1.54) is 0 Å². The van der Waals surface area contributed by atoms with Crippen LogP contribution >= 0.6 is 11.6 Å². The number of anilines is 1. The molecule has 0 saturated heterocycles. The van der Waals surface area contributed by atoms with Gasteiger partial charge in [-0.15, -0.1) is 0 Å². The van der Waals surface area contributed by atoms with Crippen molar-refractivity contribution in [1.82, 2.24) is 0 Å². The first-order valence-corrected chi connectivity index (χ1v) is 9.08. The lowest BCUT2D eigenvalue weighted by Crippen LogP contribution is -2.32. The molecule has 0 heterocycles. The van der Waals surface area contributed by atoms with Gasteiger partial charge in [0.2, 0.25) is 0 Å². The largest absolute Gasteiger partial charge is 0.481 e. The molecule has 0 unspecified atom stereocenters. The molecule has 4 nitrogen and oxygen atoms in total. The number of amides is 1. The van der Waals surface area contributed by atoms with Crippen LogP contribution in [0.1, 0.15) is 13.3 Å². The zero-order valence-electron chi connectivity index (χ0n) is 14.9. The predicted molar refractivity (Wildman–Crippen MR) is 108 cm³/mol. The first-order valence-electron chi connectivity index (χ1n) is 8.70. The molecule has 0 radical (unpaired) electrons. The average molecular weight is 382 g/mol. The quantitative estimate of drug-likeness (QED) is 0.551. The van der Waals surface area contributed by atoms with Crippen LogP contribution in [-0.4, -0.2) is 12.0 Å². The number of nitrogens with one attached hydrogen (secondary N) is 1. The second-order valence-corrected chi connectivity index (χ2v) is 6.31. The molecule has 0 fully saturated rings. The van der Waals surface area contributed by atoms with Crippen LogP contribution in [0.15, 0.2) is 78.9 Å². The van der Waals surface area contributed by atoms with Crippen LogP contribution < -0.4 is 14.8 Å². The van der Waals surface area contributed by atoms with Gasteiger partial charge in [-0.3, -0.25) is 4.79 Å². The Bertz CT molecular complexity index is 882. The number of carbonyl (C=O) groups excluding carboxylic acids is 1. The van der Waals surface area contributed by atoms with E-state index in [1.54, 1.807) is 30.3 Å². The van der Waals surface area contributed by atoms with Crippen LogP contribution in [0.25, 0.3) is 0 Å². The van der Waals surface area contributed by atoms with Crippen LogP contribution in [0.2, 0.25) is 5.02 Å². The minimum Gasteiger partial charge on any atom is -0.481 e. The lowest BCUT2D eigenvalue weighted by molar-refractivity contribution is -0.122. The number of benzene rings is 3. The van der Waals surface area contributed by atoms with Gasteiger partial charge in [0.15, 0.2) is 11.9 Å². The van der Waals surface area contributed by atoms with Crippen molar-refractivity contribution in [3.63, 3.8) is 0 Å². The Morgan fingerprint density at radius 3 is 2.30 bits per heavy atom. The number of carbonyl (C=O) groups is 1. The van der Waals surface area contributed by atoms with Gasteiger partial charge >= 0.3 is 0 Å². The first kappa shape index (κ1) is 18.8. The van der Waals surface area contributed by atoms with E-state index >= 15 is 0 Å². The fraction of sp³-hybridized carbons (Fsp3) is 0.136. The SMILES string of the molecule is CC[C@H](Oc1ccc(Cl)cc1)C(=O)Nc1ccccc1Oc1ccccc1. The fourth-order valence-corrected chi connectivity index (χ4v) is 2.61. The lowest BCUT2D eigenvalue weighted by atomic mass is 10.2. The average Bonchev–Trinajstić information content (AvgIpc) is 2.70. The smallest absolute Gasteiger partial charge is 0.265 e. The van der Waals surface area contributed by atoms with Gasteiger partial charge in [0.1, 0.15) is 11.5 Å². The summed E-state index contributed by atoms with van der Waals surface area (Å²) >= 11 is 5.89. The van der Waals surface area contributed by atoms with Crippen molar-refractivity contribution in [1.29, 1.82) is 0 Å². The van der Waals surface area contributed by atoms with E-state index < -0.39 is 6.10 Å². The van der Waals surface area contributed by atoms with Gasteiger partial charge in [-0.1, -0.05) is 48.9 Å². The third-order valence-electron chi connectivity index (χ3n) is 3.87. The Morgan fingerprint density at radius 1 is 0.926 bits per heavy atom. The van der Waals surface area contributed by atoms with E-state index in [1.807, 2.05) is 55.5 Å². The zero-order valence-corrected chi connectivity index (χ0v) is 15.6. The van der Waals surface area contributed by atoms with Crippen LogP contribution in [-0.2, 0) is 4.79 Å². The fourth-order valence-electron chi connectivity index (χ4n) is 2.49. The maximum Gasteiger partial charge on any atom is 0.265 e. The summed E-state index contributed by atoms with van der Waals surface area (Å²) in [6, 6.07) is 23.7. The van der Waals surface area contributed by atoms with E-state index in [4.69, 9.17) is 21.1 Å². The molecule has 1 atom stereocenters. The number of hydrogen-bond donors (Lipinski definition) is 1. The number of halogens is 1. The van der Waals surface area contributed by atoms with Crippen molar-refractivity contribution in [2.75, 3.05) is 5.32 Å². The van der Waals surface area contributed by atoms with E-state index in [2.05, 4.69) is 5.32 Å². The van der Waals surface area contributed by atoms with Crippen molar-refractivity contribution in [3.8, 4) is 17.2 Å². The third-order valence-corrected chi connectivity index (χ3v) is 4.12. The van der Waals surface area contributed by atoms with Crippen LogP contribution in [0.4, 0.5) is 5.69 Å². The van der Waals surface area contributed by atoms with Crippen molar-refractivity contribution in [3.05, 3.63) is 83.9 Å². The van der Waals surface area contributed by atoms with Crippen molar-refractivity contribution >= 4 is 23.2 Å². The molecule has 3 rings (SSSR count). The Labute approximate surface area is 163 Å². The summed E-state index contributed by atoms with van der Waals surface area (Å²) in [5.74, 6) is 1.62. The molecule has 5 heteroatoms. The molecule has 0 bridgehead atoms. The standard InChI is InChI=1S/C22H20ClNO3/c1-2-20(26-18-14-12-16(23)13-15-18)22(25)24-19-10-6-7-11-21(19)27-17-8-4-3-5-9-17/h3-15,20H,2H2,1H3,(H,24,25)/t20-/m0/s1. The zero-order chi connectivity index (χ0) is 19.1. The molecule has 0 saturated carbocycles. The molecule has 0 aliphatic carbocycles. The molecule has 1 amide bonds. The maximum absolute atomic E-state index is 12.7. The maximum atomic E-state index is 12.7. The van der Waals surface area contributed by atoms with Crippen LogP contribution in [0.3, 0.4) is 0 Å². The minimum atomic E-state index is -0.629. The molecule has 138 valence electrons. The Hall–Kier alpha value is -2.98. The summed E-state index contributed by atoms with van der Waals surface area (Å²) in [4.78, 5) is 12.7. The second-order valence-electron chi connectivity index (χ2n) is 5.87. The van der Waals surface area contributed by atoms with Gasteiger partial charge in [-0.05, 0) is 55.0 Å². The first-order chi connectivity index (χ1) is 13.2. The minimum absolute atomic E-state index is 0.239. The molecule has 3 aromatic rings. The Morgan fingerprint density at radius 2 is 1.59 bits per heavy atom. The third kappa shape index (κ3) is 5.25. The van der Waals surface area contributed by atoms with Crippen LogP contribution in [0.5, 0.6) is 17.2 Å². The van der Waals surface area contributed by atoms with Gasteiger partial charge in [-0.2, -0.15) is 0 Å². The summed E-state index contributed by atoms with van der Waals surface area (Å²) in [6.45, 7) is 1.90. The van der Waals surface area contributed by atoms with Crippen molar-refractivity contribution in [2.24, 2.45) is 0 Å². The topological polar surface area (TPSA) is 47.6 Å². The number of rotatable bonds is 7. The monoisotopic (exact) mass is 381 g/mol. The van der Waals surface area contributed by atoms with Crippen molar-refractivity contribution in [2.45, 2.75) is 19.4 Å². The highest BCUT2D eigenvalue weighted by Crippen LogP contribution is 2.29. The Balaban J connectivity index is 1.71. The molecular formula is C22H20ClNO3. The number of ether oxygens (including phenoxy) is 2. The highest BCUT2D eigenvalue weighted by molar-refractivity contribution is 6.30. The van der Waals surface area contributed by atoms with E-state index in [-0.39, 0.29) is 5.91 Å². The summed E-state index contributed by atoms with van der Waals surface area (Å²) in [7, 11) is 0. The molecule has 0 aliphatic rings. The molecule has 0 aliphatic heterocycles. The summed E-state index contributed by atoms with van der Waals surface area (Å²) in [6.07, 6.45) is -0.105. The summed E-state index contributed by atoms with van der Waals surface area (Å²) in [5.41, 5.74) is 0.588. The highest BCUT2D eigenvalue weighted by Gasteiger charge is 2.20. The number of para-hydroxylation sites is 3. The van der Waals surface area contributed by atoms with Gasteiger partial charge in [-0.25, -0.2) is 0 Å². The van der Waals surface area contributed by atoms with Gasteiger partial charge in [0.05, 0.1) is 5.69 Å². The van der Waals surface area contributed by atoms with Gasteiger partial charge in [0.25, 0.3) is 5.91 Å². The highest BCUT2D eigenvalue weighted by atomic mass is 35.5. The van der Waals surface area contributed by atoms with E-state index in [9.17, 15) is 4.79 Å². The van der Waals surface area contributed by atoms with E-state index in [0.717, 1.165) is 0 Å². The molecule has 0 spiro atoms. The second kappa shape index (κ2) is 9.10. The normalized spacial score (nSPS) is 11.5. The summed E-state index contributed by atoms with van der Waals surface area (Å²) in [5, 5.41) is 3.52. The predicted octanol–water partition coefficient (Wildman–Crippen LogP) is 5.93.